The van der Waals surface area contributed by atoms with Crippen molar-refractivity contribution in [3.8, 4) is 0 Å². The van der Waals surface area contributed by atoms with Crippen LogP contribution in [0.3, 0.4) is 0 Å². The molecule has 0 aromatic carbocycles. The molecule has 1 rings (SSSR count). The van der Waals surface area contributed by atoms with Gasteiger partial charge in [-0.05, 0) is 5.92 Å². The second-order valence-corrected chi connectivity index (χ2v) is 3.74. The van der Waals surface area contributed by atoms with Crippen LogP contribution in [-0.4, -0.2) is 20.6 Å². The molecule has 4 nitrogen and oxygen atoms in total. The van der Waals surface area contributed by atoms with E-state index in [1.165, 1.54) is 0 Å². The number of aromatic nitrogens is 2. The van der Waals surface area contributed by atoms with Crippen LogP contribution < -0.4 is 0 Å². The lowest BCUT2D eigenvalue weighted by molar-refractivity contribution is -0.136. The highest BCUT2D eigenvalue weighted by Crippen LogP contribution is 2.18. The minimum Gasteiger partial charge on any atom is -0.481 e. The lowest BCUT2D eigenvalue weighted by atomic mass is 10.1. The van der Waals surface area contributed by atoms with Gasteiger partial charge in [-0.25, -0.2) is 4.98 Å². The molecule has 0 aliphatic heterocycles. The molecule has 0 bridgehead atoms. The lowest BCUT2D eigenvalue weighted by Crippen LogP contribution is -2.04. The van der Waals surface area contributed by atoms with E-state index in [0.29, 0.717) is 12.3 Å². The number of hydrogen-bond acceptors (Lipinski definition) is 2. The van der Waals surface area contributed by atoms with E-state index in [1.807, 2.05) is 11.6 Å². The van der Waals surface area contributed by atoms with Gasteiger partial charge in [0.1, 0.15) is 0 Å². The topological polar surface area (TPSA) is 55.1 Å². The second-order valence-electron chi connectivity index (χ2n) is 3.74. The van der Waals surface area contributed by atoms with E-state index in [2.05, 4.69) is 18.8 Å². The number of carboxylic acids is 1. The summed E-state index contributed by atoms with van der Waals surface area (Å²) in [5.74, 6) is -0.392. The Kier molecular flexibility index (Phi) is 3.28. The van der Waals surface area contributed by atoms with Crippen molar-refractivity contribution in [3.63, 3.8) is 0 Å². The molecule has 14 heavy (non-hydrogen) atoms. The molecule has 4 heteroatoms. The molecule has 1 heterocycles. The normalized spacial score (nSPS) is 10.9. The van der Waals surface area contributed by atoms with E-state index in [4.69, 9.17) is 5.11 Å². The fourth-order valence-electron chi connectivity index (χ4n) is 1.65. The number of nitrogens with zero attached hydrogens (tertiary/aromatic N) is 2. The van der Waals surface area contributed by atoms with Crippen molar-refractivity contribution < 1.29 is 9.90 Å². The number of aliphatic carboxylic acids is 1. The summed E-state index contributed by atoms with van der Waals surface area (Å²) in [6.07, 6.45) is 2.41. The number of aryl methyl sites for hydroxylation is 2. The standard InChI is InChI=1S/C10H16N2O2/c1-7(2)10-8(4-5-9(13)14)11-6-12(10)3/h6-7H,4-5H2,1-3H3,(H,13,14). The Morgan fingerprint density at radius 1 is 1.64 bits per heavy atom. The van der Waals surface area contributed by atoms with Crippen LogP contribution in [0, 0.1) is 0 Å². The predicted octanol–water partition coefficient (Wildman–Crippen LogP) is 1.56. The van der Waals surface area contributed by atoms with Gasteiger partial charge in [-0.2, -0.15) is 0 Å². The van der Waals surface area contributed by atoms with Crippen LogP contribution >= 0.6 is 0 Å². The third kappa shape index (κ3) is 2.34. The van der Waals surface area contributed by atoms with Crippen molar-refractivity contribution in [3.05, 3.63) is 17.7 Å². The third-order valence-corrected chi connectivity index (χ3v) is 2.18. The van der Waals surface area contributed by atoms with Crippen LogP contribution in [0.1, 0.15) is 37.6 Å². The zero-order valence-electron chi connectivity index (χ0n) is 8.82. The molecule has 1 aromatic heterocycles. The Morgan fingerprint density at radius 3 is 2.79 bits per heavy atom. The molecule has 0 fully saturated rings. The van der Waals surface area contributed by atoms with E-state index in [9.17, 15) is 4.79 Å². The molecule has 0 atom stereocenters. The van der Waals surface area contributed by atoms with Crippen molar-refractivity contribution in [2.75, 3.05) is 0 Å². The summed E-state index contributed by atoms with van der Waals surface area (Å²) in [5.41, 5.74) is 2.04. The maximum absolute atomic E-state index is 10.4. The molecule has 0 radical (unpaired) electrons. The number of carboxylic acid groups (broad SMARTS) is 1. The molecule has 78 valence electrons. The quantitative estimate of drug-likeness (QED) is 0.795. The molecule has 0 aliphatic carbocycles. The highest BCUT2D eigenvalue weighted by molar-refractivity contribution is 5.67. The van der Waals surface area contributed by atoms with Gasteiger partial charge < -0.3 is 9.67 Å². The van der Waals surface area contributed by atoms with Gasteiger partial charge in [0, 0.05) is 19.2 Å². The Hall–Kier alpha value is -1.32. The molecule has 0 aliphatic rings. The average Bonchev–Trinajstić information content (AvgIpc) is 2.43. The van der Waals surface area contributed by atoms with Crippen molar-refractivity contribution in [2.45, 2.75) is 32.6 Å². The smallest absolute Gasteiger partial charge is 0.303 e. The first-order valence-corrected chi connectivity index (χ1v) is 4.74. The predicted molar refractivity (Wildman–Crippen MR) is 53.3 cm³/mol. The van der Waals surface area contributed by atoms with Gasteiger partial charge in [-0.3, -0.25) is 4.79 Å². The van der Waals surface area contributed by atoms with Crippen LogP contribution in [-0.2, 0) is 18.3 Å². The summed E-state index contributed by atoms with van der Waals surface area (Å²) >= 11 is 0. The molecule has 1 N–H and O–H groups in total. The average molecular weight is 196 g/mol. The molecular formula is C10H16N2O2. The van der Waals surface area contributed by atoms with Crippen LogP contribution in [0.15, 0.2) is 6.33 Å². The van der Waals surface area contributed by atoms with E-state index in [0.717, 1.165) is 11.4 Å². The van der Waals surface area contributed by atoms with Gasteiger partial charge in [-0.15, -0.1) is 0 Å². The summed E-state index contributed by atoms with van der Waals surface area (Å²) in [6.45, 7) is 4.17. The molecule has 0 amide bonds. The van der Waals surface area contributed by atoms with Gasteiger partial charge in [0.2, 0.25) is 0 Å². The highest BCUT2D eigenvalue weighted by Gasteiger charge is 2.12. The fraction of sp³-hybridized carbons (Fsp3) is 0.600. The van der Waals surface area contributed by atoms with Crippen LogP contribution in [0.4, 0.5) is 0 Å². The van der Waals surface area contributed by atoms with Gasteiger partial charge in [0.15, 0.2) is 0 Å². The first-order valence-electron chi connectivity index (χ1n) is 4.74. The minimum atomic E-state index is -0.773. The number of hydrogen-bond donors (Lipinski definition) is 1. The van der Waals surface area contributed by atoms with Gasteiger partial charge in [-0.1, -0.05) is 13.8 Å². The van der Waals surface area contributed by atoms with Crippen molar-refractivity contribution >= 4 is 5.97 Å². The first kappa shape index (κ1) is 10.8. The summed E-state index contributed by atoms with van der Waals surface area (Å²) in [6, 6.07) is 0. The maximum atomic E-state index is 10.4. The molecule has 0 saturated carbocycles. The van der Waals surface area contributed by atoms with Crippen LogP contribution in [0.5, 0.6) is 0 Å². The largest absolute Gasteiger partial charge is 0.481 e. The molecule has 0 unspecified atom stereocenters. The number of carbonyl (C=O) groups is 1. The first-order chi connectivity index (χ1) is 6.52. The minimum absolute atomic E-state index is 0.150. The van der Waals surface area contributed by atoms with E-state index < -0.39 is 5.97 Å². The Morgan fingerprint density at radius 2 is 2.29 bits per heavy atom. The zero-order valence-corrected chi connectivity index (χ0v) is 8.82. The SMILES string of the molecule is CC(C)c1c(CCC(=O)O)ncn1C. The molecule has 1 aromatic rings. The van der Waals surface area contributed by atoms with E-state index in [1.54, 1.807) is 6.33 Å². The summed E-state index contributed by atoms with van der Waals surface area (Å²) in [4.78, 5) is 14.6. The Bertz CT molecular complexity index is 329. The molecule has 0 saturated heterocycles. The van der Waals surface area contributed by atoms with E-state index >= 15 is 0 Å². The van der Waals surface area contributed by atoms with Crippen molar-refractivity contribution in [1.29, 1.82) is 0 Å². The molecular weight excluding hydrogens is 180 g/mol. The monoisotopic (exact) mass is 196 g/mol. The van der Waals surface area contributed by atoms with Gasteiger partial charge in [0.05, 0.1) is 18.4 Å². The summed E-state index contributed by atoms with van der Waals surface area (Å²) in [7, 11) is 1.94. The lowest BCUT2D eigenvalue weighted by Gasteiger charge is -2.08. The van der Waals surface area contributed by atoms with Gasteiger partial charge in [0.25, 0.3) is 0 Å². The van der Waals surface area contributed by atoms with Gasteiger partial charge >= 0.3 is 5.97 Å². The van der Waals surface area contributed by atoms with E-state index in [-0.39, 0.29) is 6.42 Å². The number of imidazole rings is 1. The third-order valence-electron chi connectivity index (χ3n) is 2.18. The van der Waals surface area contributed by atoms with Crippen molar-refractivity contribution in [2.24, 2.45) is 7.05 Å². The van der Waals surface area contributed by atoms with Crippen molar-refractivity contribution in [1.82, 2.24) is 9.55 Å². The summed E-state index contributed by atoms with van der Waals surface area (Å²) < 4.78 is 1.96. The van der Waals surface area contributed by atoms with Crippen LogP contribution in [0.2, 0.25) is 0 Å². The van der Waals surface area contributed by atoms with Crippen LogP contribution in [0.25, 0.3) is 0 Å². The maximum Gasteiger partial charge on any atom is 0.303 e. The Balaban J connectivity index is 2.81. The molecule has 0 spiro atoms. The number of rotatable bonds is 4. The fourth-order valence-corrected chi connectivity index (χ4v) is 1.65. The zero-order chi connectivity index (χ0) is 10.7. The summed E-state index contributed by atoms with van der Waals surface area (Å²) in [5, 5.41) is 8.58. The Labute approximate surface area is 83.6 Å². The second kappa shape index (κ2) is 4.26. The highest BCUT2D eigenvalue weighted by atomic mass is 16.4.